The topological polar surface area (TPSA) is 47.6 Å². The van der Waals surface area contributed by atoms with Crippen molar-refractivity contribution >= 4 is 5.97 Å². The molecule has 0 aliphatic rings. The van der Waals surface area contributed by atoms with E-state index in [1.165, 1.54) is 7.11 Å². The molecule has 0 saturated carbocycles. The van der Waals surface area contributed by atoms with Crippen molar-refractivity contribution < 1.29 is 27.4 Å². The monoisotopic (exact) mass is 299 g/mol. The van der Waals surface area contributed by atoms with Crippen LogP contribution in [0.25, 0.3) is 0 Å². The third-order valence-electron chi connectivity index (χ3n) is 2.91. The van der Waals surface area contributed by atoms with Crippen LogP contribution in [0.5, 0.6) is 0 Å². The van der Waals surface area contributed by atoms with Gasteiger partial charge in [0, 0.05) is 19.4 Å². The summed E-state index contributed by atoms with van der Waals surface area (Å²) in [5.41, 5.74) is -0.896. The second kappa shape index (κ2) is 8.46. The molecule has 0 fully saturated rings. The number of ether oxygens (including phenoxy) is 2. The highest BCUT2D eigenvalue weighted by Crippen LogP contribution is 2.22. The molecule has 2 unspecified atom stereocenters. The van der Waals surface area contributed by atoms with Crippen LogP contribution in [0.2, 0.25) is 0 Å². The highest BCUT2D eigenvalue weighted by atomic mass is 19.4. The average Bonchev–Trinajstić information content (AvgIpc) is 2.32. The van der Waals surface area contributed by atoms with Crippen molar-refractivity contribution in [1.82, 2.24) is 5.32 Å². The van der Waals surface area contributed by atoms with E-state index in [2.05, 4.69) is 5.32 Å². The van der Waals surface area contributed by atoms with Crippen LogP contribution in [0, 0.1) is 0 Å². The van der Waals surface area contributed by atoms with Gasteiger partial charge in [0.15, 0.2) is 0 Å². The highest BCUT2D eigenvalue weighted by molar-refractivity contribution is 5.80. The van der Waals surface area contributed by atoms with E-state index in [4.69, 9.17) is 9.47 Å². The molecule has 0 saturated heterocycles. The van der Waals surface area contributed by atoms with Crippen molar-refractivity contribution in [3.63, 3.8) is 0 Å². The van der Waals surface area contributed by atoms with Gasteiger partial charge in [-0.1, -0.05) is 6.92 Å². The minimum atomic E-state index is -4.16. The van der Waals surface area contributed by atoms with Crippen LogP contribution in [-0.4, -0.2) is 44.0 Å². The fourth-order valence-electron chi connectivity index (χ4n) is 2.03. The zero-order valence-corrected chi connectivity index (χ0v) is 12.5. The molecule has 0 heterocycles. The number of carbonyl (C=O) groups is 1. The van der Waals surface area contributed by atoms with E-state index in [1.54, 1.807) is 13.8 Å². The Labute approximate surface area is 118 Å². The van der Waals surface area contributed by atoms with Crippen molar-refractivity contribution in [3.05, 3.63) is 0 Å². The third-order valence-corrected chi connectivity index (χ3v) is 2.91. The zero-order valence-electron chi connectivity index (χ0n) is 12.5. The molecule has 0 aliphatic heterocycles. The number of rotatable bonds is 9. The van der Waals surface area contributed by atoms with Gasteiger partial charge in [-0.25, -0.2) is 0 Å². The van der Waals surface area contributed by atoms with Crippen molar-refractivity contribution in [1.29, 1.82) is 0 Å². The van der Waals surface area contributed by atoms with Gasteiger partial charge in [0.05, 0.1) is 13.2 Å². The average molecular weight is 299 g/mol. The normalized spacial score (nSPS) is 16.6. The number of likely N-dealkylation sites (N-methyl/N-ethyl adjacent to an activating group) is 1. The maximum absolute atomic E-state index is 12.0. The van der Waals surface area contributed by atoms with E-state index in [1.807, 2.05) is 6.92 Å². The van der Waals surface area contributed by atoms with Gasteiger partial charge in [0.2, 0.25) is 0 Å². The summed E-state index contributed by atoms with van der Waals surface area (Å²) in [7, 11) is 1.30. The summed E-state index contributed by atoms with van der Waals surface area (Å²) in [4.78, 5) is 11.7. The summed E-state index contributed by atoms with van der Waals surface area (Å²) in [5, 5.41) is 3.02. The number of hydrogen-bond donors (Lipinski definition) is 1. The van der Waals surface area contributed by atoms with Gasteiger partial charge in [0.1, 0.15) is 5.54 Å². The molecule has 120 valence electrons. The molecule has 0 rings (SSSR count). The molecule has 0 bridgehead atoms. The Hall–Kier alpha value is -0.820. The SMILES string of the molecule is CCNC(C)(CC(C)OCCCC(F)(F)F)C(=O)OC. The van der Waals surface area contributed by atoms with Crippen molar-refractivity contribution in [3.8, 4) is 0 Å². The molecule has 0 amide bonds. The van der Waals surface area contributed by atoms with Crippen LogP contribution in [0.4, 0.5) is 13.2 Å². The highest BCUT2D eigenvalue weighted by Gasteiger charge is 2.35. The molecule has 4 nitrogen and oxygen atoms in total. The summed E-state index contributed by atoms with van der Waals surface area (Å²) < 4.78 is 46.0. The minimum absolute atomic E-state index is 0.0179. The molecular weight excluding hydrogens is 275 g/mol. The molecule has 0 aliphatic carbocycles. The van der Waals surface area contributed by atoms with E-state index < -0.39 is 24.1 Å². The predicted octanol–water partition coefficient (Wildman–Crippen LogP) is 2.67. The number of alkyl halides is 3. The summed E-state index contributed by atoms with van der Waals surface area (Å²) in [6.07, 6.45) is -5.10. The van der Waals surface area contributed by atoms with E-state index in [9.17, 15) is 18.0 Å². The fourth-order valence-corrected chi connectivity index (χ4v) is 2.03. The summed E-state index contributed by atoms with van der Waals surface area (Å²) in [6.45, 7) is 5.87. The van der Waals surface area contributed by atoms with Crippen LogP contribution < -0.4 is 5.32 Å². The minimum Gasteiger partial charge on any atom is -0.468 e. The predicted molar refractivity (Wildman–Crippen MR) is 69.4 cm³/mol. The smallest absolute Gasteiger partial charge is 0.389 e. The van der Waals surface area contributed by atoms with Crippen molar-refractivity contribution in [2.75, 3.05) is 20.3 Å². The summed E-state index contributed by atoms with van der Waals surface area (Å²) >= 11 is 0. The lowest BCUT2D eigenvalue weighted by molar-refractivity contribution is -0.149. The van der Waals surface area contributed by atoms with Crippen LogP contribution >= 0.6 is 0 Å². The second-order valence-corrected chi connectivity index (χ2v) is 4.96. The molecule has 0 aromatic heterocycles. The number of carbonyl (C=O) groups excluding carboxylic acids is 1. The first-order valence-corrected chi connectivity index (χ1v) is 6.66. The van der Waals surface area contributed by atoms with E-state index in [-0.39, 0.29) is 19.1 Å². The molecular formula is C13H24F3NO3. The fraction of sp³-hybridized carbons (Fsp3) is 0.923. The van der Waals surface area contributed by atoms with Gasteiger partial charge >= 0.3 is 12.1 Å². The molecule has 0 radical (unpaired) electrons. The summed E-state index contributed by atoms with van der Waals surface area (Å²) in [6, 6.07) is 0. The Morgan fingerprint density at radius 2 is 1.95 bits per heavy atom. The molecule has 0 spiro atoms. The van der Waals surface area contributed by atoms with Crippen molar-refractivity contribution in [2.45, 2.75) is 57.9 Å². The maximum atomic E-state index is 12.0. The van der Waals surface area contributed by atoms with Crippen LogP contribution in [-0.2, 0) is 14.3 Å². The molecule has 0 aromatic rings. The largest absolute Gasteiger partial charge is 0.468 e. The molecule has 20 heavy (non-hydrogen) atoms. The Morgan fingerprint density at radius 3 is 2.40 bits per heavy atom. The lowest BCUT2D eigenvalue weighted by Gasteiger charge is -2.30. The Bertz CT molecular complexity index is 297. The van der Waals surface area contributed by atoms with Gasteiger partial charge in [-0.15, -0.1) is 0 Å². The van der Waals surface area contributed by atoms with Gasteiger partial charge in [-0.05, 0) is 26.8 Å². The number of halogens is 3. The second-order valence-electron chi connectivity index (χ2n) is 4.96. The zero-order chi connectivity index (χ0) is 15.8. The number of esters is 1. The van der Waals surface area contributed by atoms with Gasteiger partial charge in [-0.3, -0.25) is 4.79 Å². The molecule has 7 heteroatoms. The Kier molecular flexibility index (Phi) is 8.12. The summed E-state index contributed by atoms with van der Waals surface area (Å²) in [5.74, 6) is -0.412. The number of methoxy groups -OCH3 is 1. The van der Waals surface area contributed by atoms with E-state index in [0.29, 0.717) is 13.0 Å². The molecule has 0 aromatic carbocycles. The quantitative estimate of drug-likeness (QED) is 0.525. The first-order valence-electron chi connectivity index (χ1n) is 6.66. The van der Waals surface area contributed by atoms with Crippen LogP contribution in [0.15, 0.2) is 0 Å². The van der Waals surface area contributed by atoms with E-state index >= 15 is 0 Å². The lowest BCUT2D eigenvalue weighted by Crippen LogP contribution is -2.52. The Morgan fingerprint density at radius 1 is 1.35 bits per heavy atom. The van der Waals surface area contributed by atoms with Gasteiger partial charge in [-0.2, -0.15) is 13.2 Å². The van der Waals surface area contributed by atoms with Crippen LogP contribution in [0.3, 0.4) is 0 Å². The lowest BCUT2D eigenvalue weighted by atomic mass is 9.94. The maximum Gasteiger partial charge on any atom is 0.389 e. The standard InChI is InChI=1S/C13H24F3NO3/c1-5-17-12(3,11(18)19-4)9-10(2)20-8-6-7-13(14,15)16/h10,17H,5-9H2,1-4H3. The van der Waals surface area contributed by atoms with Crippen LogP contribution in [0.1, 0.15) is 40.0 Å². The molecule has 1 N–H and O–H groups in total. The third kappa shape index (κ3) is 7.69. The van der Waals surface area contributed by atoms with E-state index in [0.717, 1.165) is 0 Å². The van der Waals surface area contributed by atoms with Gasteiger partial charge in [0.25, 0.3) is 0 Å². The number of nitrogens with one attached hydrogen (secondary N) is 1. The molecule has 2 atom stereocenters. The number of hydrogen-bond acceptors (Lipinski definition) is 4. The first kappa shape index (κ1) is 19.2. The van der Waals surface area contributed by atoms with Gasteiger partial charge < -0.3 is 14.8 Å². The Balaban J connectivity index is 4.20. The van der Waals surface area contributed by atoms with Crippen molar-refractivity contribution in [2.24, 2.45) is 0 Å². The first-order chi connectivity index (χ1) is 9.14.